The zero-order valence-electron chi connectivity index (χ0n) is 9.96. The highest BCUT2D eigenvalue weighted by Gasteiger charge is 2.52. The van der Waals surface area contributed by atoms with Crippen molar-refractivity contribution in [2.24, 2.45) is 0 Å². The van der Waals surface area contributed by atoms with Crippen LogP contribution in [0, 0.1) is 0 Å². The van der Waals surface area contributed by atoms with E-state index < -0.39 is 13.9 Å². The maximum absolute atomic E-state index is 11.7. The fraction of sp³-hybridized carbons (Fsp3) is 0.727. The molecule has 4 heteroatoms. The molecular formula is C11H18O3Si. The van der Waals surface area contributed by atoms with E-state index in [1.54, 1.807) is 6.08 Å². The van der Waals surface area contributed by atoms with Crippen LogP contribution in [0.4, 0.5) is 0 Å². The Hall–Kier alpha value is -0.453. The second kappa shape index (κ2) is 3.03. The van der Waals surface area contributed by atoms with Crippen LogP contribution in [0.15, 0.2) is 11.3 Å². The quantitative estimate of drug-likeness (QED) is 0.641. The number of hydrogen-bond donors (Lipinski definition) is 0. The minimum Gasteiger partial charge on any atom is -0.340 e. The number of ether oxygens (including phenoxy) is 2. The molecule has 0 bridgehead atoms. The second-order valence-electron chi connectivity index (χ2n) is 5.73. The Bertz CT molecular complexity index is 338. The summed E-state index contributed by atoms with van der Waals surface area (Å²) in [6, 6.07) is 0. The summed E-state index contributed by atoms with van der Waals surface area (Å²) in [6.45, 7) is 10.4. The van der Waals surface area contributed by atoms with Crippen molar-refractivity contribution in [1.29, 1.82) is 0 Å². The topological polar surface area (TPSA) is 35.5 Å². The van der Waals surface area contributed by atoms with Crippen molar-refractivity contribution in [2.45, 2.75) is 51.5 Å². The van der Waals surface area contributed by atoms with Crippen molar-refractivity contribution in [3.8, 4) is 0 Å². The zero-order valence-corrected chi connectivity index (χ0v) is 11.0. The molecule has 0 aromatic heterocycles. The van der Waals surface area contributed by atoms with Gasteiger partial charge < -0.3 is 9.47 Å². The zero-order chi connectivity index (χ0) is 11.4. The second-order valence-corrected chi connectivity index (χ2v) is 10.8. The summed E-state index contributed by atoms with van der Waals surface area (Å²) in [5.41, 5.74) is 0. The van der Waals surface area contributed by atoms with Gasteiger partial charge in [0.25, 0.3) is 0 Å². The van der Waals surface area contributed by atoms with Gasteiger partial charge in [0.2, 0.25) is 0 Å². The average molecular weight is 226 g/mol. The Morgan fingerprint density at radius 2 is 1.73 bits per heavy atom. The van der Waals surface area contributed by atoms with Crippen molar-refractivity contribution in [3.63, 3.8) is 0 Å². The van der Waals surface area contributed by atoms with Crippen molar-refractivity contribution >= 4 is 13.9 Å². The summed E-state index contributed by atoms with van der Waals surface area (Å²) in [7, 11) is -1.48. The molecule has 0 N–H and O–H groups in total. The lowest BCUT2D eigenvalue weighted by atomic mass is 10.2. The molecule has 0 amide bonds. The van der Waals surface area contributed by atoms with Gasteiger partial charge in [-0.25, -0.2) is 0 Å². The highest BCUT2D eigenvalue weighted by molar-refractivity contribution is 6.83. The van der Waals surface area contributed by atoms with E-state index in [0.717, 1.165) is 0 Å². The van der Waals surface area contributed by atoms with Gasteiger partial charge in [-0.05, 0) is 25.1 Å². The number of ketones is 1. The molecule has 1 fully saturated rings. The fourth-order valence-electron chi connectivity index (χ4n) is 2.16. The Kier molecular flexibility index (Phi) is 2.23. The first-order valence-corrected chi connectivity index (χ1v) is 8.82. The lowest BCUT2D eigenvalue weighted by molar-refractivity contribution is -0.152. The highest BCUT2D eigenvalue weighted by atomic mass is 28.3. The number of carbonyl (C=O) groups excluding carboxylic acids is 1. The molecule has 15 heavy (non-hydrogen) atoms. The van der Waals surface area contributed by atoms with E-state index in [-0.39, 0.29) is 18.0 Å². The molecule has 0 spiro atoms. The summed E-state index contributed by atoms with van der Waals surface area (Å²) in [5, 5.41) is 1.18. The molecule has 2 rings (SSSR count). The van der Waals surface area contributed by atoms with Crippen molar-refractivity contribution in [1.82, 2.24) is 0 Å². The summed E-state index contributed by atoms with van der Waals surface area (Å²) in [5.74, 6) is -0.549. The normalized spacial score (nSPS) is 34.2. The SMILES string of the molecule is CC1(C)O[C@@H]2C([Si](C)(C)C)=CC(=O)[C@@H]2O1. The first-order valence-electron chi connectivity index (χ1n) is 5.32. The minimum atomic E-state index is -1.48. The number of fused-ring (bicyclic) bond motifs is 1. The summed E-state index contributed by atoms with van der Waals surface area (Å²) in [6.07, 6.45) is 1.23. The Morgan fingerprint density at radius 3 is 2.27 bits per heavy atom. The predicted octanol–water partition coefficient (Wildman–Crippen LogP) is 1.89. The fourth-order valence-corrected chi connectivity index (χ4v) is 3.80. The molecule has 2 atom stereocenters. The van der Waals surface area contributed by atoms with E-state index in [0.29, 0.717) is 0 Å². The number of hydrogen-bond acceptors (Lipinski definition) is 3. The Labute approximate surface area is 91.5 Å². The third-order valence-corrected chi connectivity index (χ3v) is 5.01. The van der Waals surface area contributed by atoms with Gasteiger partial charge in [0.05, 0.1) is 8.07 Å². The molecule has 0 aromatic rings. The summed E-state index contributed by atoms with van der Waals surface area (Å²) < 4.78 is 11.4. The lowest BCUT2D eigenvalue weighted by Crippen LogP contribution is -2.34. The average Bonchev–Trinajstić information content (AvgIpc) is 2.45. The van der Waals surface area contributed by atoms with E-state index in [1.165, 1.54) is 5.20 Å². The standard InChI is InChI=1S/C11H18O3Si/c1-11(2)13-9-7(12)6-8(10(9)14-11)15(3,4)5/h6,9-10H,1-5H3/t9-,10+/m0/s1. The van der Waals surface area contributed by atoms with Crippen LogP contribution >= 0.6 is 0 Å². The molecule has 1 saturated heterocycles. The van der Waals surface area contributed by atoms with Gasteiger partial charge in [-0.1, -0.05) is 19.6 Å². The largest absolute Gasteiger partial charge is 0.340 e. The van der Waals surface area contributed by atoms with Crippen LogP contribution in [0.2, 0.25) is 19.6 Å². The molecule has 1 aliphatic carbocycles. The van der Waals surface area contributed by atoms with Gasteiger partial charge in [0.1, 0.15) is 6.10 Å². The molecule has 0 radical (unpaired) electrons. The van der Waals surface area contributed by atoms with Crippen molar-refractivity contribution in [3.05, 3.63) is 11.3 Å². The predicted molar refractivity (Wildman–Crippen MR) is 60.3 cm³/mol. The molecule has 0 aromatic carbocycles. The van der Waals surface area contributed by atoms with Crippen molar-refractivity contribution in [2.75, 3.05) is 0 Å². The van der Waals surface area contributed by atoms with Crippen LogP contribution in [-0.2, 0) is 14.3 Å². The van der Waals surface area contributed by atoms with Crippen LogP contribution in [0.3, 0.4) is 0 Å². The van der Waals surface area contributed by atoms with Crippen LogP contribution in [0.5, 0.6) is 0 Å². The molecule has 0 saturated carbocycles. The van der Waals surface area contributed by atoms with E-state index in [2.05, 4.69) is 19.6 Å². The Balaban J connectivity index is 2.31. The maximum atomic E-state index is 11.7. The van der Waals surface area contributed by atoms with E-state index in [1.807, 2.05) is 13.8 Å². The van der Waals surface area contributed by atoms with E-state index in [4.69, 9.17) is 9.47 Å². The van der Waals surface area contributed by atoms with Crippen LogP contribution in [0.1, 0.15) is 13.8 Å². The number of rotatable bonds is 1. The summed E-state index contributed by atoms with van der Waals surface area (Å²) >= 11 is 0. The number of carbonyl (C=O) groups is 1. The van der Waals surface area contributed by atoms with Crippen LogP contribution in [-0.4, -0.2) is 31.9 Å². The molecular weight excluding hydrogens is 208 g/mol. The Morgan fingerprint density at radius 1 is 1.20 bits per heavy atom. The van der Waals surface area contributed by atoms with Crippen LogP contribution in [0.25, 0.3) is 0 Å². The third-order valence-electron chi connectivity index (χ3n) is 2.85. The monoisotopic (exact) mass is 226 g/mol. The van der Waals surface area contributed by atoms with E-state index >= 15 is 0 Å². The first-order chi connectivity index (χ1) is 6.71. The summed E-state index contributed by atoms with van der Waals surface area (Å²) in [4.78, 5) is 11.7. The molecule has 0 unspecified atom stereocenters. The van der Waals surface area contributed by atoms with Gasteiger partial charge in [-0.2, -0.15) is 0 Å². The van der Waals surface area contributed by atoms with Gasteiger partial charge in [-0.3, -0.25) is 4.79 Å². The van der Waals surface area contributed by atoms with Gasteiger partial charge in [0, 0.05) is 0 Å². The molecule has 84 valence electrons. The minimum absolute atomic E-state index is 0.0722. The van der Waals surface area contributed by atoms with Gasteiger partial charge >= 0.3 is 0 Å². The third kappa shape index (κ3) is 1.81. The van der Waals surface area contributed by atoms with Crippen LogP contribution < -0.4 is 0 Å². The van der Waals surface area contributed by atoms with Gasteiger partial charge in [-0.15, -0.1) is 0 Å². The molecule has 1 aliphatic heterocycles. The van der Waals surface area contributed by atoms with Gasteiger partial charge in [0.15, 0.2) is 17.7 Å². The maximum Gasteiger partial charge on any atom is 0.187 e. The first kappa shape index (κ1) is 11.0. The smallest absolute Gasteiger partial charge is 0.187 e. The highest BCUT2D eigenvalue weighted by Crippen LogP contribution is 2.39. The van der Waals surface area contributed by atoms with E-state index in [9.17, 15) is 4.79 Å². The lowest BCUT2D eigenvalue weighted by Gasteiger charge is -2.24. The molecule has 2 aliphatic rings. The molecule has 3 nitrogen and oxygen atoms in total. The molecule has 1 heterocycles. The van der Waals surface area contributed by atoms with Crippen molar-refractivity contribution < 1.29 is 14.3 Å².